The van der Waals surface area contributed by atoms with Crippen molar-refractivity contribution < 1.29 is 8.78 Å². The van der Waals surface area contributed by atoms with Gasteiger partial charge in [-0.1, -0.05) is 29.8 Å². The predicted molar refractivity (Wildman–Crippen MR) is 69.0 cm³/mol. The Morgan fingerprint density at radius 3 is 2.50 bits per heavy atom. The van der Waals surface area contributed by atoms with Gasteiger partial charge in [0.1, 0.15) is 0 Å². The van der Waals surface area contributed by atoms with E-state index >= 15 is 0 Å². The van der Waals surface area contributed by atoms with E-state index in [1.54, 1.807) is 0 Å². The minimum Gasteiger partial charge on any atom is -0.279 e. The number of rotatable bonds is 3. The fourth-order valence-corrected chi connectivity index (χ4v) is 1.56. The van der Waals surface area contributed by atoms with E-state index in [0.717, 1.165) is 11.8 Å². The van der Waals surface area contributed by atoms with Crippen LogP contribution in [0.25, 0.3) is 0 Å². The maximum atomic E-state index is 13.0. The van der Waals surface area contributed by atoms with E-state index in [-0.39, 0.29) is 5.02 Å². The van der Waals surface area contributed by atoms with Crippen molar-refractivity contribution >= 4 is 23.5 Å². The van der Waals surface area contributed by atoms with Gasteiger partial charge < -0.3 is 0 Å². The predicted octanol–water partition coefficient (Wildman–Crippen LogP) is 4.06. The van der Waals surface area contributed by atoms with Crippen LogP contribution >= 0.6 is 11.6 Å². The van der Waals surface area contributed by atoms with Crippen LogP contribution in [0.15, 0.2) is 47.6 Å². The minimum absolute atomic E-state index is 0.267. The van der Waals surface area contributed by atoms with Crippen LogP contribution in [-0.2, 0) is 0 Å². The molecule has 0 atom stereocenters. The van der Waals surface area contributed by atoms with Crippen LogP contribution in [0.2, 0.25) is 5.02 Å². The topological polar surface area (TPSA) is 24.4 Å². The molecule has 0 fully saturated rings. The lowest BCUT2D eigenvalue weighted by molar-refractivity contribution is 0.509. The Balaban J connectivity index is 2.10. The van der Waals surface area contributed by atoms with Gasteiger partial charge >= 0.3 is 0 Å². The maximum Gasteiger partial charge on any atom is 0.177 e. The molecule has 0 aliphatic carbocycles. The number of hydrogen-bond acceptors (Lipinski definition) is 2. The van der Waals surface area contributed by atoms with Gasteiger partial charge in [-0.2, -0.15) is 5.10 Å². The first kappa shape index (κ1) is 12.5. The fourth-order valence-electron chi connectivity index (χ4n) is 1.34. The van der Waals surface area contributed by atoms with Gasteiger partial charge in [0.2, 0.25) is 0 Å². The zero-order valence-corrected chi connectivity index (χ0v) is 9.96. The van der Waals surface area contributed by atoms with Gasteiger partial charge in [0, 0.05) is 0 Å². The fraction of sp³-hybridized carbons (Fsp3) is 0. The highest BCUT2D eigenvalue weighted by molar-refractivity contribution is 6.31. The Bertz CT molecular complexity index is 547. The highest BCUT2D eigenvalue weighted by Gasteiger charge is 2.07. The lowest BCUT2D eigenvalue weighted by Crippen LogP contribution is -1.93. The van der Waals surface area contributed by atoms with Crippen molar-refractivity contribution in [3.8, 4) is 0 Å². The summed E-state index contributed by atoms with van der Waals surface area (Å²) >= 11 is 5.52. The van der Waals surface area contributed by atoms with Crippen LogP contribution in [0.5, 0.6) is 0 Å². The molecule has 0 aliphatic rings. The van der Waals surface area contributed by atoms with Gasteiger partial charge in [-0.15, -0.1) is 0 Å². The number of hydrazone groups is 1. The molecule has 0 aliphatic heterocycles. The Labute approximate surface area is 108 Å². The molecule has 5 heteroatoms. The number of hydrogen-bond donors (Lipinski definition) is 1. The third-order valence-electron chi connectivity index (χ3n) is 2.19. The second-order valence-electron chi connectivity index (χ2n) is 3.53. The summed E-state index contributed by atoms with van der Waals surface area (Å²) in [7, 11) is 0. The molecule has 0 amide bonds. The average molecular weight is 267 g/mol. The molecular weight excluding hydrogens is 258 g/mol. The van der Waals surface area contributed by atoms with Gasteiger partial charge in [-0.3, -0.25) is 5.43 Å². The summed E-state index contributed by atoms with van der Waals surface area (Å²) in [6, 6.07) is 11.6. The first-order chi connectivity index (χ1) is 8.66. The number of halogens is 3. The number of anilines is 1. The number of benzene rings is 2. The lowest BCUT2D eigenvalue weighted by Gasteiger charge is -2.00. The zero-order valence-electron chi connectivity index (χ0n) is 9.20. The van der Waals surface area contributed by atoms with Gasteiger partial charge in [-0.05, 0) is 29.8 Å². The van der Waals surface area contributed by atoms with Crippen LogP contribution in [0, 0.1) is 11.6 Å². The zero-order chi connectivity index (χ0) is 13.0. The summed E-state index contributed by atoms with van der Waals surface area (Å²) in [5, 5.41) is 3.63. The quantitative estimate of drug-likeness (QED) is 0.506. The molecule has 0 unspecified atom stereocenters. The summed E-state index contributed by atoms with van der Waals surface area (Å²) in [6.45, 7) is 0. The first-order valence-electron chi connectivity index (χ1n) is 5.15. The van der Waals surface area contributed by atoms with Crippen molar-refractivity contribution in [3.63, 3.8) is 0 Å². The van der Waals surface area contributed by atoms with Crippen molar-refractivity contribution in [2.24, 2.45) is 5.10 Å². The molecule has 2 nitrogen and oxygen atoms in total. The summed E-state index contributed by atoms with van der Waals surface area (Å²) in [4.78, 5) is 0. The van der Waals surface area contributed by atoms with E-state index in [9.17, 15) is 8.78 Å². The molecule has 0 heterocycles. The minimum atomic E-state index is -1.05. The molecule has 0 saturated carbocycles. The molecule has 0 spiro atoms. The Morgan fingerprint density at radius 2 is 1.83 bits per heavy atom. The Morgan fingerprint density at radius 1 is 1.11 bits per heavy atom. The number of para-hydroxylation sites is 1. The molecule has 2 aromatic carbocycles. The van der Waals surface area contributed by atoms with Crippen LogP contribution in [0.3, 0.4) is 0 Å². The number of nitrogens with one attached hydrogen (secondary N) is 1. The molecule has 2 aromatic rings. The second kappa shape index (κ2) is 5.60. The van der Waals surface area contributed by atoms with Crippen LogP contribution in [-0.4, -0.2) is 6.21 Å². The van der Waals surface area contributed by atoms with E-state index in [4.69, 9.17) is 11.6 Å². The molecule has 0 radical (unpaired) electrons. The molecule has 0 aromatic heterocycles. The van der Waals surface area contributed by atoms with Crippen molar-refractivity contribution in [1.29, 1.82) is 0 Å². The molecular formula is C13H9ClF2N2. The van der Waals surface area contributed by atoms with E-state index in [1.807, 2.05) is 30.3 Å². The summed E-state index contributed by atoms with van der Waals surface area (Å²) in [5.41, 5.74) is 3.93. The Hall–Kier alpha value is -1.94. The van der Waals surface area contributed by atoms with Gasteiger partial charge in [0.05, 0.1) is 16.9 Å². The van der Waals surface area contributed by atoms with Crippen molar-refractivity contribution in [2.75, 3.05) is 5.43 Å². The highest BCUT2D eigenvalue weighted by atomic mass is 35.5. The van der Waals surface area contributed by atoms with Crippen LogP contribution < -0.4 is 5.43 Å². The largest absolute Gasteiger partial charge is 0.279 e. The molecule has 18 heavy (non-hydrogen) atoms. The molecule has 92 valence electrons. The van der Waals surface area contributed by atoms with Crippen LogP contribution in [0.1, 0.15) is 5.56 Å². The summed E-state index contributed by atoms with van der Waals surface area (Å²) in [6.07, 6.45) is 1.36. The number of nitrogens with zero attached hydrogens (tertiary/aromatic N) is 1. The second-order valence-corrected chi connectivity index (χ2v) is 3.94. The van der Waals surface area contributed by atoms with Crippen molar-refractivity contribution in [3.05, 3.63) is 64.7 Å². The third kappa shape index (κ3) is 3.05. The van der Waals surface area contributed by atoms with E-state index in [2.05, 4.69) is 10.5 Å². The van der Waals surface area contributed by atoms with E-state index < -0.39 is 11.6 Å². The SMILES string of the molecule is Fc1cc(C=NNc2ccccc2)cc(Cl)c1F. The van der Waals surface area contributed by atoms with Gasteiger partial charge in [0.25, 0.3) is 0 Å². The highest BCUT2D eigenvalue weighted by Crippen LogP contribution is 2.18. The summed E-state index contributed by atoms with van der Waals surface area (Å²) < 4.78 is 26.0. The Kier molecular flexibility index (Phi) is 3.89. The molecule has 0 saturated heterocycles. The van der Waals surface area contributed by atoms with E-state index in [1.165, 1.54) is 12.3 Å². The third-order valence-corrected chi connectivity index (χ3v) is 2.46. The average Bonchev–Trinajstić information content (AvgIpc) is 2.37. The normalized spacial score (nSPS) is 10.8. The lowest BCUT2D eigenvalue weighted by atomic mass is 10.2. The molecule has 2 rings (SSSR count). The maximum absolute atomic E-state index is 13.0. The van der Waals surface area contributed by atoms with Gasteiger partial charge in [-0.25, -0.2) is 8.78 Å². The van der Waals surface area contributed by atoms with Crippen molar-refractivity contribution in [1.82, 2.24) is 0 Å². The van der Waals surface area contributed by atoms with E-state index in [0.29, 0.717) is 5.56 Å². The van der Waals surface area contributed by atoms with Crippen molar-refractivity contribution in [2.45, 2.75) is 0 Å². The molecule has 1 N–H and O–H groups in total. The standard InChI is InChI=1S/C13H9ClF2N2/c14-11-6-9(7-12(15)13(11)16)8-17-18-10-4-2-1-3-5-10/h1-8,18H. The first-order valence-corrected chi connectivity index (χ1v) is 5.53. The smallest absolute Gasteiger partial charge is 0.177 e. The molecule has 0 bridgehead atoms. The van der Waals surface area contributed by atoms with Crippen LogP contribution in [0.4, 0.5) is 14.5 Å². The van der Waals surface area contributed by atoms with Gasteiger partial charge in [0.15, 0.2) is 11.6 Å². The monoisotopic (exact) mass is 266 g/mol. The summed E-state index contributed by atoms with van der Waals surface area (Å²) in [5.74, 6) is -2.05.